The quantitative estimate of drug-likeness (QED) is 0.324. The molecule has 0 fully saturated rings. The van der Waals surface area contributed by atoms with Crippen LogP contribution in [-0.2, 0) is 13.1 Å². The van der Waals surface area contributed by atoms with Crippen LogP contribution in [0.15, 0.2) is 47.8 Å². The van der Waals surface area contributed by atoms with Crippen molar-refractivity contribution in [3.63, 3.8) is 0 Å². The van der Waals surface area contributed by atoms with E-state index in [0.717, 1.165) is 16.9 Å². The number of benzene rings is 1. The number of oxime groups is 1. The van der Waals surface area contributed by atoms with Crippen molar-refractivity contribution in [2.24, 2.45) is 10.9 Å². The van der Waals surface area contributed by atoms with E-state index in [2.05, 4.69) is 15.5 Å². The lowest BCUT2D eigenvalue weighted by atomic mass is 10.1. The summed E-state index contributed by atoms with van der Waals surface area (Å²) in [4.78, 5) is 4.13. The highest BCUT2D eigenvalue weighted by molar-refractivity contribution is 5.96. The first kappa shape index (κ1) is 14.8. The van der Waals surface area contributed by atoms with Gasteiger partial charge in [0, 0.05) is 24.8 Å². The van der Waals surface area contributed by atoms with E-state index < -0.39 is 0 Å². The number of amidine groups is 1. The summed E-state index contributed by atoms with van der Waals surface area (Å²) in [5.41, 5.74) is 8.02. The highest BCUT2D eigenvalue weighted by Crippen LogP contribution is 2.17. The van der Waals surface area contributed by atoms with Gasteiger partial charge in [0.2, 0.25) is 0 Å². The molecule has 0 aliphatic heterocycles. The Bertz CT molecular complexity index is 629. The van der Waals surface area contributed by atoms with Gasteiger partial charge in [-0.3, -0.25) is 4.98 Å². The van der Waals surface area contributed by atoms with Gasteiger partial charge in [0.05, 0.1) is 7.11 Å². The fraction of sp³-hybridized carbons (Fsp3) is 0.200. The normalized spacial score (nSPS) is 11.4. The molecule has 0 atom stereocenters. The minimum Gasteiger partial charge on any atom is -0.496 e. The Morgan fingerprint density at radius 3 is 2.71 bits per heavy atom. The first-order valence-electron chi connectivity index (χ1n) is 6.50. The predicted octanol–water partition coefficient (Wildman–Crippen LogP) is 1.47. The second-order valence-corrected chi connectivity index (χ2v) is 4.41. The maximum Gasteiger partial charge on any atom is 0.189 e. The Morgan fingerprint density at radius 1 is 1.24 bits per heavy atom. The van der Waals surface area contributed by atoms with Gasteiger partial charge in [-0.2, -0.15) is 0 Å². The maximum absolute atomic E-state index is 8.77. The Hall–Kier alpha value is -2.60. The Balaban J connectivity index is 2.04. The number of rotatable bonds is 6. The van der Waals surface area contributed by atoms with Crippen LogP contribution >= 0.6 is 0 Å². The van der Waals surface area contributed by atoms with Crippen molar-refractivity contribution >= 4 is 5.84 Å². The molecule has 6 heteroatoms. The third-order valence-electron chi connectivity index (χ3n) is 3.07. The van der Waals surface area contributed by atoms with Gasteiger partial charge < -0.3 is 21.0 Å². The lowest BCUT2D eigenvalue weighted by Gasteiger charge is -2.11. The third-order valence-corrected chi connectivity index (χ3v) is 3.07. The standard InChI is InChI=1S/C15H18N4O2/c1-21-13-7-3-2-5-11(13)9-17-10-12-6-4-8-18-14(12)15(16)19-20/h2-8,17,20H,9-10H2,1H3,(H2,16,19). The van der Waals surface area contributed by atoms with Gasteiger partial charge in [-0.15, -0.1) is 0 Å². The molecular formula is C15H18N4O2. The predicted molar refractivity (Wildman–Crippen MR) is 80.3 cm³/mol. The molecule has 1 aromatic heterocycles. The molecule has 0 amide bonds. The molecule has 110 valence electrons. The molecule has 4 N–H and O–H groups in total. The van der Waals surface area contributed by atoms with Crippen LogP contribution in [-0.4, -0.2) is 23.1 Å². The van der Waals surface area contributed by atoms with E-state index in [-0.39, 0.29) is 5.84 Å². The van der Waals surface area contributed by atoms with Crippen molar-refractivity contribution < 1.29 is 9.94 Å². The summed E-state index contributed by atoms with van der Waals surface area (Å²) in [6.45, 7) is 1.20. The number of ether oxygens (including phenoxy) is 1. The lowest BCUT2D eigenvalue weighted by molar-refractivity contribution is 0.318. The number of hydrogen-bond acceptors (Lipinski definition) is 5. The smallest absolute Gasteiger partial charge is 0.189 e. The van der Waals surface area contributed by atoms with E-state index in [9.17, 15) is 0 Å². The summed E-state index contributed by atoms with van der Waals surface area (Å²) in [7, 11) is 1.65. The number of pyridine rings is 1. The van der Waals surface area contributed by atoms with Gasteiger partial charge in [-0.1, -0.05) is 29.4 Å². The van der Waals surface area contributed by atoms with Gasteiger partial charge in [0.1, 0.15) is 11.4 Å². The van der Waals surface area contributed by atoms with Crippen molar-refractivity contribution in [1.82, 2.24) is 10.3 Å². The van der Waals surface area contributed by atoms with Crippen LogP contribution < -0.4 is 15.8 Å². The molecule has 0 saturated heterocycles. The Labute approximate surface area is 123 Å². The van der Waals surface area contributed by atoms with E-state index in [1.807, 2.05) is 36.4 Å². The summed E-state index contributed by atoms with van der Waals surface area (Å²) in [6, 6.07) is 11.5. The molecule has 1 aromatic carbocycles. The van der Waals surface area contributed by atoms with Crippen LogP contribution in [0.1, 0.15) is 16.8 Å². The van der Waals surface area contributed by atoms with Crippen LogP contribution in [0.25, 0.3) is 0 Å². The Morgan fingerprint density at radius 2 is 1.95 bits per heavy atom. The number of nitrogens with one attached hydrogen (secondary N) is 1. The minimum atomic E-state index is 0.00434. The number of hydrogen-bond donors (Lipinski definition) is 3. The van der Waals surface area contributed by atoms with Gasteiger partial charge >= 0.3 is 0 Å². The molecule has 21 heavy (non-hydrogen) atoms. The molecule has 0 radical (unpaired) electrons. The SMILES string of the molecule is COc1ccccc1CNCc1cccnc1C(N)=NO. The second-order valence-electron chi connectivity index (χ2n) is 4.41. The number of nitrogens with two attached hydrogens (primary N) is 1. The maximum atomic E-state index is 8.77. The average molecular weight is 286 g/mol. The summed E-state index contributed by atoms with van der Waals surface area (Å²) < 4.78 is 5.30. The zero-order valence-electron chi connectivity index (χ0n) is 11.8. The summed E-state index contributed by atoms with van der Waals surface area (Å²) in [6.07, 6.45) is 1.61. The van der Waals surface area contributed by atoms with E-state index in [1.165, 1.54) is 0 Å². The summed E-state index contributed by atoms with van der Waals surface area (Å²) in [5.74, 6) is 0.845. The van der Waals surface area contributed by atoms with Crippen LogP contribution in [0.5, 0.6) is 5.75 Å². The molecule has 0 aliphatic rings. The van der Waals surface area contributed by atoms with Crippen molar-refractivity contribution in [3.8, 4) is 5.75 Å². The van der Waals surface area contributed by atoms with Crippen LogP contribution in [0, 0.1) is 0 Å². The minimum absolute atomic E-state index is 0.00434. The molecule has 0 saturated carbocycles. The van der Waals surface area contributed by atoms with E-state index in [1.54, 1.807) is 13.3 Å². The lowest BCUT2D eigenvalue weighted by Crippen LogP contribution is -2.21. The molecular weight excluding hydrogens is 268 g/mol. The van der Waals surface area contributed by atoms with E-state index in [4.69, 9.17) is 15.7 Å². The monoisotopic (exact) mass is 286 g/mol. The fourth-order valence-corrected chi connectivity index (χ4v) is 2.04. The first-order valence-corrected chi connectivity index (χ1v) is 6.50. The van der Waals surface area contributed by atoms with Crippen molar-refractivity contribution in [1.29, 1.82) is 0 Å². The van der Waals surface area contributed by atoms with Crippen LogP contribution in [0.2, 0.25) is 0 Å². The molecule has 0 spiro atoms. The van der Waals surface area contributed by atoms with Crippen molar-refractivity contribution in [2.75, 3.05) is 7.11 Å². The highest BCUT2D eigenvalue weighted by atomic mass is 16.5. The molecule has 0 unspecified atom stereocenters. The number of aromatic nitrogens is 1. The van der Waals surface area contributed by atoms with Crippen LogP contribution in [0.3, 0.4) is 0 Å². The second kappa shape index (κ2) is 7.25. The number of para-hydroxylation sites is 1. The summed E-state index contributed by atoms with van der Waals surface area (Å²) >= 11 is 0. The van der Waals surface area contributed by atoms with Gasteiger partial charge in [-0.05, 0) is 17.7 Å². The average Bonchev–Trinajstić information content (AvgIpc) is 2.55. The molecule has 0 bridgehead atoms. The van der Waals surface area contributed by atoms with Crippen molar-refractivity contribution in [3.05, 3.63) is 59.4 Å². The Kier molecular flexibility index (Phi) is 5.11. The van der Waals surface area contributed by atoms with Gasteiger partial charge in [0.15, 0.2) is 5.84 Å². The largest absolute Gasteiger partial charge is 0.496 e. The fourth-order valence-electron chi connectivity index (χ4n) is 2.04. The molecule has 1 heterocycles. The molecule has 2 rings (SSSR count). The molecule has 0 aliphatic carbocycles. The highest BCUT2D eigenvalue weighted by Gasteiger charge is 2.08. The number of methoxy groups -OCH3 is 1. The topological polar surface area (TPSA) is 92.8 Å². The third kappa shape index (κ3) is 3.70. The molecule has 2 aromatic rings. The van der Waals surface area contributed by atoms with Crippen LogP contribution in [0.4, 0.5) is 0 Å². The zero-order valence-corrected chi connectivity index (χ0v) is 11.8. The number of nitrogens with zero attached hydrogens (tertiary/aromatic N) is 2. The first-order chi connectivity index (χ1) is 10.3. The van der Waals surface area contributed by atoms with Gasteiger partial charge in [0.25, 0.3) is 0 Å². The van der Waals surface area contributed by atoms with Crippen molar-refractivity contribution in [2.45, 2.75) is 13.1 Å². The zero-order chi connectivity index (χ0) is 15.1. The molecule has 6 nitrogen and oxygen atoms in total. The summed E-state index contributed by atoms with van der Waals surface area (Å²) in [5, 5.41) is 15.1. The van der Waals surface area contributed by atoms with Gasteiger partial charge in [-0.25, -0.2) is 0 Å². The van der Waals surface area contributed by atoms with E-state index in [0.29, 0.717) is 18.8 Å². The van der Waals surface area contributed by atoms with E-state index >= 15 is 0 Å².